The van der Waals surface area contributed by atoms with E-state index in [1.165, 1.54) is 0 Å². The van der Waals surface area contributed by atoms with Crippen LogP contribution in [0, 0.1) is 5.41 Å². The quantitative estimate of drug-likeness (QED) is 0.537. The molecule has 0 bridgehead atoms. The fourth-order valence-corrected chi connectivity index (χ4v) is 2.97. The van der Waals surface area contributed by atoms with Crippen LogP contribution in [0.3, 0.4) is 0 Å². The maximum atomic E-state index is 6.13. The smallest absolute Gasteiger partial charge is 0.192 e. The van der Waals surface area contributed by atoms with Crippen LogP contribution in [-0.4, -0.2) is 19.3 Å². The minimum absolute atomic E-state index is 0.0361. The monoisotopic (exact) mass is 268 g/mol. The summed E-state index contributed by atoms with van der Waals surface area (Å²) in [5.41, 5.74) is -0.0361. The molecular weight excluding hydrogens is 247 g/mol. The zero-order valence-corrected chi connectivity index (χ0v) is 13.1. The molecule has 0 saturated heterocycles. The number of hydrogen-bond donors (Lipinski definition) is 0. The first-order valence-electron chi connectivity index (χ1n) is 5.43. The average molecular weight is 269 g/mol. The molecule has 90 valence electrons. The SMILES string of the molecule is CC1(CO[Si](C)(C)C(C)(C)C)CC1(Cl)Cl. The molecule has 1 rings (SSSR count). The van der Waals surface area contributed by atoms with Gasteiger partial charge in [-0.15, -0.1) is 23.2 Å². The molecule has 1 aliphatic carbocycles. The molecular formula is C11H22Cl2OSi. The van der Waals surface area contributed by atoms with Crippen molar-refractivity contribution in [2.45, 2.75) is 56.6 Å². The van der Waals surface area contributed by atoms with Crippen LogP contribution in [0.2, 0.25) is 18.1 Å². The first kappa shape index (κ1) is 13.8. The maximum Gasteiger partial charge on any atom is 0.192 e. The Kier molecular flexibility index (Phi) is 3.34. The van der Waals surface area contributed by atoms with Gasteiger partial charge in [-0.1, -0.05) is 27.7 Å². The van der Waals surface area contributed by atoms with Crippen molar-refractivity contribution in [2.24, 2.45) is 5.41 Å². The van der Waals surface area contributed by atoms with E-state index in [1.807, 2.05) is 0 Å². The summed E-state index contributed by atoms with van der Waals surface area (Å²) in [6.07, 6.45) is 0.845. The molecule has 1 fully saturated rings. The van der Waals surface area contributed by atoms with Crippen LogP contribution >= 0.6 is 23.2 Å². The van der Waals surface area contributed by atoms with Gasteiger partial charge in [-0.2, -0.15) is 0 Å². The molecule has 1 aliphatic rings. The molecule has 1 atom stereocenters. The molecule has 1 unspecified atom stereocenters. The maximum absolute atomic E-state index is 6.13. The normalized spacial score (nSPS) is 30.4. The van der Waals surface area contributed by atoms with Crippen molar-refractivity contribution in [3.05, 3.63) is 0 Å². The Balaban J connectivity index is 2.52. The lowest BCUT2D eigenvalue weighted by molar-refractivity contribution is 0.224. The zero-order valence-electron chi connectivity index (χ0n) is 10.6. The van der Waals surface area contributed by atoms with Crippen molar-refractivity contribution in [3.63, 3.8) is 0 Å². The lowest BCUT2D eigenvalue weighted by Crippen LogP contribution is -2.42. The summed E-state index contributed by atoms with van der Waals surface area (Å²) in [5.74, 6) is 0. The lowest BCUT2D eigenvalue weighted by Gasteiger charge is -2.37. The van der Waals surface area contributed by atoms with E-state index in [2.05, 4.69) is 40.8 Å². The predicted molar refractivity (Wildman–Crippen MR) is 70.3 cm³/mol. The number of rotatable bonds is 3. The first-order chi connectivity index (χ1) is 6.41. The van der Waals surface area contributed by atoms with Gasteiger partial charge in [0.25, 0.3) is 0 Å². The molecule has 0 aliphatic heterocycles. The van der Waals surface area contributed by atoms with Crippen molar-refractivity contribution in [2.75, 3.05) is 6.61 Å². The van der Waals surface area contributed by atoms with Crippen molar-refractivity contribution >= 4 is 31.5 Å². The van der Waals surface area contributed by atoms with Crippen molar-refractivity contribution in [3.8, 4) is 0 Å². The summed E-state index contributed by atoms with van der Waals surface area (Å²) in [7, 11) is -1.65. The van der Waals surface area contributed by atoms with Crippen LogP contribution in [0.4, 0.5) is 0 Å². The molecule has 0 aromatic rings. The van der Waals surface area contributed by atoms with Gasteiger partial charge in [0, 0.05) is 12.0 Å². The second kappa shape index (κ2) is 3.62. The molecule has 0 N–H and O–H groups in total. The molecule has 0 aromatic carbocycles. The Labute approximate surface area is 105 Å². The number of hydrogen-bond acceptors (Lipinski definition) is 1. The average Bonchev–Trinajstić information content (AvgIpc) is 2.46. The highest BCUT2D eigenvalue weighted by molar-refractivity contribution is 6.74. The van der Waals surface area contributed by atoms with Gasteiger partial charge in [0.2, 0.25) is 0 Å². The molecule has 0 spiro atoms. The van der Waals surface area contributed by atoms with Gasteiger partial charge in [0.05, 0.1) is 0 Å². The van der Waals surface area contributed by atoms with Gasteiger partial charge in [-0.3, -0.25) is 0 Å². The Morgan fingerprint density at radius 1 is 1.27 bits per heavy atom. The van der Waals surface area contributed by atoms with E-state index in [-0.39, 0.29) is 10.5 Å². The molecule has 0 aromatic heterocycles. The Morgan fingerprint density at radius 3 is 1.93 bits per heavy atom. The van der Waals surface area contributed by atoms with Crippen LogP contribution in [-0.2, 0) is 4.43 Å². The third-order valence-corrected chi connectivity index (χ3v) is 9.59. The van der Waals surface area contributed by atoms with Crippen LogP contribution < -0.4 is 0 Å². The van der Waals surface area contributed by atoms with E-state index in [0.29, 0.717) is 6.61 Å². The van der Waals surface area contributed by atoms with Gasteiger partial charge in [0.15, 0.2) is 8.32 Å². The molecule has 0 amide bonds. The molecule has 1 saturated carbocycles. The Bertz CT molecular complexity index is 258. The topological polar surface area (TPSA) is 9.23 Å². The van der Waals surface area contributed by atoms with Gasteiger partial charge >= 0.3 is 0 Å². The van der Waals surface area contributed by atoms with Crippen LogP contribution in [0.15, 0.2) is 0 Å². The largest absolute Gasteiger partial charge is 0.416 e. The summed E-state index contributed by atoms with van der Waals surface area (Å²) >= 11 is 12.2. The van der Waals surface area contributed by atoms with E-state index in [0.717, 1.165) is 6.42 Å². The van der Waals surface area contributed by atoms with Crippen molar-refractivity contribution < 1.29 is 4.43 Å². The third kappa shape index (κ3) is 2.71. The van der Waals surface area contributed by atoms with E-state index in [4.69, 9.17) is 27.6 Å². The predicted octanol–water partition coefficient (Wildman–Crippen LogP) is 4.59. The molecule has 4 heteroatoms. The highest BCUT2D eigenvalue weighted by Gasteiger charge is 2.63. The Hall–Kier alpha value is 0.757. The summed E-state index contributed by atoms with van der Waals surface area (Å²) in [6.45, 7) is 14.0. The van der Waals surface area contributed by atoms with E-state index in [1.54, 1.807) is 0 Å². The molecule has 15 heavy (non-hydrogen) atoms. The van der Waals surface area contributed by atoms with E-state index >= 15 is 0 Å². The summed E-state index contributed by atoms with van der Waals surface area (Å²) in [4.78, 5) is 0. The minimum atomic E-state index is -1.65. The van der Waals surface area contributed by atoms with Gasteiger partial charge in [-0.05, 0) is 24.6 Å². The standard InChI is InChI=1S/C11H22Cl2OSi/c1-9(2,3)15(5,6)14-8-10(4)7-11(10,12)13/h7-8H2,1-6H3. The number of alkyl halides is 2. The van der Waals surface area contributed by atoms with Crippen LogP contribution in [0.1, 0.15) is 34.1 Å². The second-order valence-corrected chi connectivity index (χ2v) is 12.8. The van der Waals surface area contributed by atoms with E-state index < -0.39 is 12.7 Å². The number of halogens is 2. The first-order valence-corrected chi connectivity index (χ1v) is 9.10. The fraction of sp³-hybridized carbons (Fsp3) is 1.00. The van der Waals surface area contributed by atoms with Gasteiger partial charge in [0.1, 0.15) is 4.33 Å². The zero-order chi connectivity index (χ0) is 12.1. The van der Waals surface area contributed by atoms with E-state index in [9.17, 15) is 0 Å². The molecule has 1 nitrogen and oxygen atoms in total. The van der Waals surface area contributed by atoms with Crippen molar-refractivity contribution in [1.29, 1.82) is 0 Å². The summed E-state index contributed by atoms with van der Waals surface area (Å²) < 4.78 is 5.57. The highest BCUT2D eigenvalue weighted by Crippen LogP contribution is 2.64. The van der Waals surface area contributed by atoms with Crippen LogP contribution in [0.25, 0.3) is 0 Å². The van der Waals surface area contributed by atoms with Crippen LogP contribution in [0.5, 0.6) is 0 Å². The van der Waals surface area contributed by atoms with Crippen molar-refractivity contribution in [1.82, 2.24) is 0 Å². The molecule has 0 radical (unpaired) electrons. The minimum Gasteiger partial charge on any atom is -0.416 e. The molecule has 0 heterocycles. The fourth-order valence-electron chi connectivity index (χ4n) is 1.16. The van der Waals surface area contributed by atoms with Gasteiger partial charge in [-0.25, -0.2) is 0 Å². The lowest BCUT2D eigenvalue weighted by atomic mass is 10.2. The second-order valence-electron chi connectivity index (χ2n) is 6.49. The third-order valence-electron chi connectivity index (χ3n) is 3.93. The highest BCUT2D eigenvalue weighted by atomic mass is 35.5. The summed E-state index contributed by atoms with van der Waals surface area (Å²) in [5, 5.41) is 0.250. The Morgan fingerprint density at radius 2 is 1.67 bits per heavy atom. The van der Waals surface area contributed by atoms with Gasteiger partial charge < -0.3 is 4.43 Å². The summed E-state index contributed by atoms with van der Waals surface area (Å²) in [6, 6.07) is 0.